The van der Waals surface area contributed by atoms with Crippen molar-refractivity contribution in [2.24, 2.45) is 0 Å². The van der Waals surface area contributed by atoms with E-state index in [0.29, 0.717) is 25.9 Å². The highest BCUT2D eigenvalue weighted by Crippen LogP contribution is 2.12. The van der Waals surface area contributed by atoms with Crippen LogP contribution in [0.25, 0.3) is 0 Å². The van der Waals surface area contributed by atoms with Gasteiger partial charge in [-0.2, -0.15) is 0 Å². The summed E-state index contributed by atoms with van der Waals surface area (Å²) in [6, 6.07) is 0. The van der Waals surface area contributed by atoms with Gasteiger partial charge in [-0.3, -0.25) is 9.59 Å². The predicted octanol–water partition coefficient (Wildman–Crippen LogP) is 2.45. The fourth-order valence-electron chi connectivity index (χ4n) is 1.50. The van der Waals surface area contributed by atoms with E-state index in [1.807, 2.05) is 0 Å². The van der Waals surface area contributed by atoms with Crippen molar-refractivity contribution < 1.29 is 19.1 Å². The molecule has 4 nitrogen and oxygen atoms in total. The lowest BCUT2D eigenvalue weighted by atomic mass is 10.1. The molecule has 4 heteroatoms. The van der Waals surface area contributed by atoms with Gasteiger partial charge in [0.25, 0.3) is 6.47 Å². The van der Waals surface area contributed by atoms with Gasteiger partial charge >= 0.3 is 5.97 Å². The van der Waals surface area contributed by atoms with Gasteiger partial charge in [0.1, 0.15) is 6.10 Å². The zero-order valence-corrected chi connectivity index (χ0v) is 10.2. The van der Waals surface area contributed by atoms with Crippen LogP contribution in [0.4, 0.5) is 0 Å². The summed E-state index contributed by atoms with van der Waals surface area (Å²) in [4.78, 5) is 21.3. The molecule has 0 aromatic rings. The third-order valence-corrected chi connectivity index (χ3v) is 2.34. The van der Waals surface area contributed by atoms with Gasteiger partial charge in [-0.15, -0.1) is 0 Å². The smallest absolute Gasteiger partial charge is 0.305 e. The number of ether oxygens (including phenoxy) is 2. The van der Waals surface area contributed by atoms with Crippen LogP contribution in [0.1, 0.15) is 52.4 Å². The van der Waals surface area contributed by atoms with Crippen LogP contribution < -0.4 is 0 Å². The highest BCUT2D eigenvalue weighted by atomic mass is 16.5. The summed E-state index contributed by atoms with van der Waals surface area (Å²) in [5, 5.41) is 0. The molecular weight excluding hydrogens is 208 g/mol. The van der Waals surface area contributed by atoms with Crippen molar-refractivity contribution in [1.82, 2.24) is 0 Å². The Kier molecular flexibility index (Phi) is 9.76. The highest BCUT2D eigenvalue weighted by Gasteiger charge is 2.10. The van der Waals surface area contributed by atoms with Crippen LogP contribution in [0.5, 0.6) is 0 Å². The Bertz CT molecular complexity index is 191. The number of carbonyl (C=O) groups is 2. The second-order valence-electron chi connectivity index (χ2n) is 3.69. The summed E-state index contributed by atoms with van der Waals surface area (Å²) >= 11 is 0. The lowest BCUT2D eigenvalue weighted by molar-refractivity contribution is -0.143. The maximum absolute atomic E-state index is 11.1. The lowest BCUT2D eigenvalue weighted by Crippen LogP contribution is -2.13. The molecule has 0 rings (SSSR count). The van der Waals surface area contributed by atoms with E-state index in [1.54, 1.807) is 6.92 Å². The Morgan fingerprint density at radius 1 is 1.25 bits per heavy atom. The van der Waals surface area contributed by atoms with Crippen molar-refractivity contribution >= 4 is 12.4 Å². The van der Waals surface area contributed by atoms with Crippen LogP contribution >= 0.6 is 0 Å². The van der Waals surface area contributed by atoms with Crippen LogP contribution in [0, 0.1) is 0 Å². The van der Waals surface area contributed by atoms with Crippen LogP contribution in [0.15, 0.2) is 0 Å². The molecule has 1 atom stereocenters. The third kappa shape index (κ3) is 8.26. The summed E-state index contributed by atoms with van der Waals surface area (Å²) in [6.07, 6.45) is 4.79. The number of unbranched alkanes of at least 4 members (excludes halogenated alkanes) is 1. The average Bonchev–Trinajstić information content (AvgIpc) is 2.26. The fourth-order valence-corrected chi connectivity index (χ4v) is 1.50. The molecule has 0 N–H and O–H groups in total. The first-order valence-corrected chi connectivity index (χ1v) is 5.99. The molecule has 0 amide bonds. The molecule has 94 valence electrons. The van der Waals surface area contributed by atoms with E-state index >= 15 is 0 Å². The minimum atomic E-state index is -0.178. The molecule has 1 unspecified atom stereocenters. The Labute approximate surface area is 97.3 Å². The first-order chi connectivity index (χ1) is 7.74. The van der Waals surface area contributed by atoms with E-state index < -0.39 is 0 Å². The molecule has 0 aromatic heterocycles. The molecule has 0 heterocycles. The third-order valence-electron chi connectivity index (χ3n) is 2.34. The molecule has 0 radical (unpaired) electrons. The van der Waals surface area contributed by atoms with E-state index in [4.69, 9.17) is 9.47 Å². The topological polar surface area (TPSA) is 52.6 Å². The van der Waals surface area contributed by atoms with Crippen LogP contribution in [-0.2, 0) is 19.1 Å². The fraction of sp³-hybridized carbons (Fsp3) is 0.833. The first kappa shape index (κ1) is 14.9. The Hall–Kier alpha value is -1.06. The number of esters is 1. The van der Waals surface area contributed by atoms with E-state index in [-0.39, 0.29) is 12.1 Å². The molecule has 0 aliphatic carbocycles. The predicted molar refractivity (Wildman–Crippen MR) is 60.9 cm³/mol. The Morgan fingerprint density at radius 2 is 1.94 bits per heavy atom. The van der Waals surface area contributed by atoms with Crippen LogP contribution in [0.2, 0.25) is 0 Å². The van der Waals surface area contributed by atoms with Gasteiger partial charge in [-0.05, 0) is 26.2 Å². The van der Waals surface area contributed by atoms with Gasteiger partial charge in [0.15, 0.2) is 0 Å². The minimum Gasteiger partial charge on any atom is -0.466 e. The summed E-state index contributed by atoms with van der Waals surface area (Å²) in [5.41, 5.74) is 0. The molecule has 0 aromatic carbocycles. The summed E-state index contributed by atoms with van der Waals surface area (Å²) in [5.74, 6) is -0.178. The van der Waals surface area contributed by atoms with Crippen LogP contribution in [-0.4, -0.2) is 25.2 Å². The minimum absolute atomic E-state index is 0.0492. The van der Waals surface area contributed by atoms with Gasteiger partial charge in [0, 0.05) is 6.42 Å². The van der Waals surface area contributed by atoms with E-state index in [1.165, 1.54) is 0 Å². The molecule has 0 saturated carbocycles. The molecule has 0 aliphatic heterocycles. The maximum atomic E-state index is 11.1. The molecule has 0 bridgehead atoms. The molecule has 0 fully saturated rings. The number of hydrogen-bond acceptors (Lipinski definition) is 4. The molecular formula is C12H22O4. The van der Waals surface area contributed by atoms with Gasteiger partial charge in [0.05, 0.1) is 6.61 Å². The second-order valence-corrected chi connectivity index (χ2v) is 3.69. The Balaban J connectivity index is 3.65. The van der Waals surface area contributed by atoms with Gasteiger partial charge in [-0.25, -0.2) is 0 Å². The molecule has 0 spiro atoms. The van der Waals surface area contributed by atoms with Gasteiger partial charge < -0.3 is 9.47 Å². The quantitative estimate of drug-likeness (QED) is 0.427. The van der Waals surface area contributed by atoms with Crippen molar-refractivity contribution in [3.05, 3.63) is 0 Å². The Morgan fingerprint density at radius 3 is 2.50 bits per heavy atom. The lowest BCUT2D eigenvalue weighted by Gasteiger charge is -2.14. The second kappa shape index (κ2) is 10.5. The zero-order valence-electron chi connectivity index (χ0n) is 10.2. The van der Waals surface area contributed by atoms with Gasteiger partial charge in [0.2, 0.25) is 0 Å². The summed E-state index contributed by atoms with van der Waals surface area (Å²) in [7, 11) is 0. The monoisotopic (exact) mass is 230 g/mol. The van der Waals surface area contributed by atoms with Crippen molar-refractivity contribution in [2.75, 3.05) is 6.61 Å². The molecule has 0 aliphatic rings. The normalized spacial score (nSPS) is 11.9. The largest absolute Gasteiger partial charge is 0.466 e. The SMILES string of the molecule is CCCCC(CCCC(=O)OCC)OC=O. The van der Waals surface area contributed by atoms with Gasteiger partial charge in [-0.1, -0.05) is 19.8 Å². The van der Waals surface area contributed by atoms with Crippen molar-refractivity contribution in [3.63, 3.8) is 0 Å². The number of rotatable bonds is 10. The number of carbonyl (C=O) groups excluding carboxylic acids is 2. The van der Waals surface area contributed by atoms with Crippen LogP contribution in [0.3, 0.4) is 0 Å². The van der Waals surface area contributed by atoms with E-state index in [0.717, 1.165) is 25.7 Å². The molecule has 0 saturated heterocycles. The van der Waals surface area contributed by atoms with Crippen molar-refractivity contribution in [3.8, 4) is 0 Å². The first-order valence-electron chi connectivity index (χ1n) is 5.99. The van der Waals surface area contributed by atoms with Crippen molar-refractivity contribution in [2.45, 2.75) is 58.5 Å². The summed E-state index contributed by atoms with van der Waals surface area (Å²) in [6.45, 7) is 4.79. The maximum Gasteiger partial charge on any atom is 0.305 e. The van der Waals surface area contributed by atoms with E-state index in [2.05, 4.69) is 6.92 Å². The standard InChI is InChI=1S/C12H22O4/c1-3-5-7-11(16-10-13)8-6-9-12(14)15-4-2/h10-11H,3-9H2,1-2H3. The highest BCUT2D eigenvalue weighted by molar-refractivity contribution is 5.69. The van der Waals surface area contributed by atoms with E-state index in [9.17, 15) is 9.59 Å². The molecule has 16 heavy (non-hydrogen) atoms. The number of hydrogen-bond donors (Lipinski definition) is 0. The zero-order chi connectivity index (χ0) is 12.2. The average molecular weight is 230 g/mol. The summed E-state index contributed by atoms with van der Waals surface area (Å²) < 4.78 is 9.77. The van der Waals surface area contributed by atoms with Crippen molar-refractivity contribution in [1.29, 1.82) is 0 Å².